The van der Waals surface area contributed by atoms with Crippen molar-refractivity contribution in [2.24, 2.45) is 7.05 Å². The molecule has 1 aromatic carbocycles. The van der Waals surface area contributed by atoms with Crippen molar-refractivity contribution >= 4 is 23.0 Å². The zero-order valence-corrected chi connectivity index (χ0v) is 13.7. The van der Waals surface area contributed by atoms with Crippen LogP contribution in [-0.2, 0) is 13.2 Å². The van der Waals surface area contributed by atoms with Gasteiger partial charge in [-0.1, -0.05) is 12.1 Å². The molecule has 0 bridgehead atoms. The lowest BCUT2D eigenvalue weighted by Crippen LogP contribution is -2.31. The number of rotatable bonds is 3. The van der Waals surface area contributed by atoms with Crippen LogP contribution in [0.3, 0.4) is 0 Å². The van der Waals surface area contributed by atoms with Crippen LogP contribution in [0, 0.1) is 6.92 Å². The molecule has 1 aromatic heterocycles. The first-order valence-corrected chi connectivity index (χ1v) is 7.33. The van der Waals surface area contributed by atoms with Gasteiger partial charge in [-0.15, -0.1) is 0 Å². The Hall–Kier alpha value is -2.09. The molecule has 1 atom stereocenters. The molecule has 0 spiro atoms. The van der Waals surface area contributed by atoms with Gasteiger partial charge in [0.2, 0.25) is 0 Å². The second-order valence-electron chi connectivity index (χ2n) is 5.17. The smallest absolute Gasteiger partial charge is 0.356 e. The third-order valence-corrected chi connectivity index (χ3v) is 3.79. The maximum atomic E-state index is 13.0. The predicted octanol–water partition coefficient (Wildman–Crippen LogP) is 3.79. The van der Waals surface area contributed by atoms with Gasteiger partial charge in [0.05, 0.1) is 23.5 Å². The number of para-hydroxylation sites is 1. The van der Waals surface area contributed by atoms with Crippen LogP contribution in [0.15, 0.2) is 30.5 Å². The number of thiocarbonyl (C=S) groups is 1. The molecule has 0 aliphatic carbocycles. The van der Waals surface area contributed by atoms with Gasteiger partial charge in [0.15, 0.2) is 5.11 Å². The van der Waals surface area contributed by atoms with Gasteiger partial charge >= 0.3 is 6.18 Å². The number of hydrogen-bond donors (Lipinski definition) is 2. The molecular formula is C15H17F3N4S. The summed E-state index contributed by atoms with van der Waals surface area (Å²) < 4.78 is 40.6. The molecule has 1 heterocycles. The van der Waals surface area contributed by atoms with Crippen molar-refractivity contribution in [1.29, 1.82) is 0 Å². The number of alkyl halides is 3. The summed E-state index contributed by atoms with van der Waals surface area (Å²) in [6, 6.07) is 5.04. The standard InChI is InChI=1S/C15H17F3N4S/c1-9(11-8-19-22(3)10(11)2)20-14(23)21-13-7-5-4-6-12(13)15(16,17)18/h4-9H,1-3H3,(H2,20,21,23). The van der Waals surface area contributed by atoms with Crippen molar-refractivity contribution in [3.8, 4) is 0 Å². The fourth-order valence-electron chi connectivity index (χ4n) is 2.21. The van der Waals surface area contributed by atoms with E-state index in [4.69, 9.17) is 12.2 Å². The van der Waals surface area contributed by atoms with Crippen molar-refractivity contribution in [2.45, 2.75) is 26.1 Å². The lowest BCUT2D eigenvalue weighted by Gasteiger charge is -2.19. The second kappa shape index (κ2) is 6.57. The normalized spacial score (nSPS) is 12.8. The van der Waals surface area contributed by atoms with E-state index in [9.17, 15) is 13.2 Å². The summed E-state index contributed by atoms with van der Waals surface area (Å²) in [5.74, 6) is 0. The number of benzene rings is 1. The Labute approximate surface area is 137 Å². The zero-order chi connectivity index (χ0) is 17.2. The molecule has 0 fully saturated rings. The highest BCUT2D eigenvalue weighted by Gasteiger charge is 2.33. The van der Waals surface area contributed by atoms with Crippen molar-refractivity contribution in [1.82, 2.24) is 15.1 Å². The van der Waals surface area contributed by atoms with Crippen LogP contribution >= 0.6 is 12.2 Å². The number of aryl methyl sites for hydroxylation is 1. The van der Waals surface area contributed by atoms with Crippen molar-refractivity contribution in [3.05, 3.63) is 47.3 Å². The largest absolute Gasteiger partial charge is 0.418 e. The third-order valence-electron chi connectivity index (χ3n) is 3.57. The molecule has 4 nitrogen and oxygen atoms in total. The van der Waals surface area contributed by atoms with Crippen LogP contribution in [-0.4, -0.2) is 14.9 Å². The molecule has 0 aliphatic heterocycles. The summed E-state index contributed by atoms with van der Waals surface area (Å²) in [5.41, 5.74) is 1.06. The summed E-state index contributed by atoms with van der Waals surface area (Å²) in [6.45, 7) is 3.78. The van der Waals surface area contributed by atoms with Crippen molar-refractivity contribution in [3.63, 3.8) is 0 Å². The lowest BCUT2D eigenvalue weighted by atomic mass is 10.1. The van der Waals surface area contributed by atoms with Gasteiger partial charge in [-0.05, 0) is 38.2 Å². The number of halogens is 3. The van der Waals surface area contributed by atoms with E-state index in [1.54, 1.807) is 10.9 Å². The molecule has 2 rings (SSSR count). The molecule has 0 aliphatic rings. The summed E-state index contributed by atoms with van der Waals surface area (Å²) in [4.78, 5) is 0. The fourth-order valence-corrected chi connectivity index (χ4v) is 2.50. The summed E-state index contributed by atoms with van der Waals surface area (Å²) >= 11 is 5.13. The minimum Gasteiger partial charge on any atom is -0.356 e. The summed E-state index contributed by atoms with van der Waals surface area (Å²) in [6.07, 6.45) is -2.73. The van der Waals surface area contributed by atoms with Gasteiger partial charge in [-0.3, -0.25) is 4.68 Å². The van der Waals surface area contributed by atoms with E-state index in [0.29, 0.717) is 0 Å². The van der Waals surface area contributed by atoms with E-state index < -0.39 is 11.7 Å². The van der Waals surface area contributed by atoms with Crippen LogP contribution in [0.2, 0.25) is 0 Å². The Morgan fingerprint density at radius 1 is 1.30 bits per heavy atom. The van der Waals surface area contributed by atoms with Gasteiger partial charge in [0.1, 0.15) is 0 Å². The minimum atomic E-state index is -4.44. The van der Waals surface area contributed by atoms with Crippen LogP contribution < -0.4 is 10.6 Å². The van der Waals surface area contributed by atoms with Crippen LogP contribution in [0.1, 0.15) is 29.8 Å². The molecular weight excluding hydrogens is 325 g/mol. The van der Waals surface area contributed by atoms with E-state index in [1.165, 1.54) is 18.2 Å². The average Bonchev–Trinajstić information content (AvgIpc) is 2.78. The van der Waals surface area contributed by atoms with Gasteiger partial charge in [-0.25, -0.2) is 0 Å². The molecule has 8 heteroatoms. The maximum Gasteiger partial charge on any atom is 0.418 e. The zero-order valence-electron chi connectivity index (χ0n) is 12.9. The van der Waals surface area contributed by atoms with E-state index in [-0.39, 0.29) is 16.8 Å². The van der Waals surface area contributed by atoms with Gasteiger partial charge in [-0.2, -0.15) is 18.3 Å². The first-order chi connectivity index (χ1) is 10.7. The molecule has 1 unspecified atom stereocenters. The van der Waals surface area contributed by atoms with E-state index >= 15 is 0 Å². The maximum absolute atomic E-state index is 13.0. The Morgan fingerprint density at radius 2 is 1.96 bits per heavy atom. The number of aromatic nitrogens is 2. The Bertz CT molecular complexity index is 709. The Morgan fingerprint density at radius 3 is 2.52 bits per heavy atom. The fraction of sp³-hybridized carbons (Fsp3) is 0.333. The molecule has 124 valence electrons. The average molecular weight is 342 g/mol. The first kappa shape index (κ1) is 17.3. The van der Waals surface area contributed by atoms with Gasteiger partial charge in [0, 0.05) is 18.3 Å². The number of anilines is 1. The summed E-state index contributed by atoms with van der Waals surface area (Å²) in [5, 5.41) is 9.86. The monoisotopic (exact) mass is 342 g/mol. The molecule has 2 aromatic rings. The molecule has 0 radical (unpaired) electrons. The second-order valence-corrected chi connectivity index (χ2v) is 5.58. The molecule has 0 amide bonds. The van der Waals surface area contributed by atoms with E-state index in [1.807, 2.05) is 20.9 Å². The summed E-state index contributed by atoms with van der Waals surface area (Å²) in [7, 11) is 1.82. The number of nitrogens with one attached hydrogen (secondary N) is 2. The quantitative estimate of drug-likeness (QED) is 0.833. The van der Waals surface area contributed by atoms with E-state index in [0.717, 1.165) is 17.3 Å². The molecule has 0 saturated heterocycles. The third kappa shape index (κ3) is 4.01. The SMILES string of the molecule is Cc1c(C(C)NC(=S)Nc2ccccc2C(F)(F)F)cnn1C. The van der Waals surface area contributed by atoms with Crippen molar-refractivity contribution in [2.75, 3.05) is 5.32 Å². The van der Waals surface area contributed by atoms with E-state index in [2.05, 4.69) is 15.7 Å². The molecule has 2 N–H and O–H groups in total. The minimum absolute atomic E-state index is 0.0763. The Kier molecular flexibility index (Phi) is 4.93. The highest BCUT2D eigenvalue weighted by molar-refractivity contribution is 7.80. The highest BCUT2D eigenvalue weighted by Crippen LogP contribution is 2.34. The van der Waals surface area contributed by atoms with Gasteiger partial charge < -0.3 is 10.6 Å². The topological polar surface area (TPSA) is 41.9 Å². The molecule has 23 heavy (non-hydrogen) atoms. The predicted molar refractivity (Wildman–Crippen MR) is 87.2 cm³/mol. The lowest BCUT2D eigenvalue weighted by molar-refractivity contribution is -0.136. The highest BCUT2D eigenvalue weighted by atomic mass is 32.1. The number of nitrogens with zero attached hydrogens (tertiary/aromatic N) is 2. The van der Waals surface area contributed by atoms with Crippen molar-refractivity contribution < 1.29 is 13.2 Å². The number of hydrogen-bond acceptors (Lipinski definition) is 2. The van der Waals surface area contributed by atoms with Crippen LogP contribution in [0.5, 0.6) is 0 Å². The van der Waals surface area contributed by atoms with Gasteiger partial charge in [0.25, 0.3) is 0 Å². The molecule has 0 saturated carbocycles. The van der Waals surface area contributed by atoms with Crippen LogP contribution in [0.4, 0.5) is 18.9 Å². The van der Waals surface area contributed by atoms with Crippen LogP contribution in [0.25, 0.3) is 0 Å². The first-order valence-electron chi connectivity index (χ1n) is 6.92. The Balaban J connectivity index is 2.10.